The summed E-state index contributed by atoms with van der Waals surface area (Å²) in [5, 5.41) is 7.63. The quantitative estimate of drug-likeness (QED) is 0.0203. The van der Waals surface area contributed by atoms with Gasteiger partial charge in [-0.05, 0) is 96.0 Å². The average Bonchev–Trinajstić information content (AvgIpc) is 3.50. The molecule has 0 unspecified atom stereocenters. The molecule has 0 saturated heterocycles. The molecule has 4 rings (SSSR count). The molecule has 0 aromatic heterocycles. The molecule has 2 aromatic rings. The molecule has 54 heavy (non-hydrogen) atoms. The van der Waals surface area contributed by atoms with Crippen LogP contribution >= 0.6 is 0 Å². The number of anilines is 1. The number of nitrogens with one attached hydrogen (secondary N) is 1. The molecular weight excluding hydrogens is 661 g/mol. The zero-order valence-corrected chi connectivity index (χ0v) is 34.5. The number of rotatable bonds is 25. The Balaban J connectivity index is 1.16. The molecule has 0 radical (unpaired) electrons. The van der Waals surface area contributed by atoms with Gasteiger partial charge >= 0.3 is 0 Å². The molecule has 292 valence electrons. The third-order valence-corrected chi connectivity index (χ3v) is 11.3. The second kappa shape index (κ2) is 22.4. The van der Waals surface area contributed by atoms with Crippen LogP contribution in [0.1, 0.15) is 129 Å². The number of fused-ring (bicyclic) bond motifs is 2. The van der Waals surface area contributed by atoms with E-state index < -0.39 is 0 Å². The molecule has 0 aliphatic carbocycles. The molecule has 0 spiro atoms. The lowest BCUT2D eigenvalue weighted by Gasteiger charge is -2.27. The number of para-hydroxylation sites is 2. The maximum absolute atomic E-state index is 5.76. The Morgan fingerprint density at radius 1 is 0.778 bits per heavy atom. The summed E-state index contributed by atoms with van der Waals surface area (Å²) in [5.74, 6) is 5.76. The number of allylic oxidation sites excluding steroid dienone is 7. The Labute approximate surface area is 328 Å². The number of nitrogens with two attached hydrogens (primary N) is 1. The van der Waals surface area contributed by atoms with Crippen LogP contribution < -0.4 is 16.1 Å². The summed E-state index contributed by atoms with van der Waals surface area (Å²) in [5.41, 5.74) is 8.88. The zero-order chi connectivity index (χ0) is 38.7. The van der Waals surface area contributed by atoms with E-state index in [9.17, 15) is 0 Å². The molecule has 6 nitrogen and oxygen atoms in total. The van der Waals surface area contributed by atoms with E-state index in [2.05, 4.69) is 145 Å². The van der Waals surface area contributed by atoms with Gasteiger partial charge in [0.05, 0.1) is 11.1 Å². The molecule has 0 atom stereocenters. The van der Waals surface area contributed by atoms with Gasteiger partial charge in [0.25, 0.3) is 0 Å². The maximum atomic E-state index is 5.76. The molecule has 2 aliphatic heterocycles. The highest BCUT2D eigenvalue weighted by Crippen LogP contribution is 2.47. The first kappa shape index (κ1) is 42.7. The van der Waals surface area contributed by atoms with Crippen molar-refractivity contribution in [3.8, 4) is 0 Å². The predicted molar refractivity (Wildman–Crippen MR) is 236 cm³/mol. The fourth-order valence-electron chi connectivity index (χ4n) is 8.13. The summed E-state index contributed by atoms with van der Waals surface area (Å²) in [6.45, 7) is 17.3. The van der Waals surface area contributed by atoms with E-state index in [1.165, 1.54) is 85.3 Å². The van der Waals surface area contributed by atoms with Gasteiger partial charge in [0.15, 0.2) is 5.71 Å². The highest BCUT2D eigenvalue weighted by Gasteiger charge is 2.42. The van der Waals surface area contributed by atoms with Crippen LogP contribution in [0.3, 0.4) is 0 Å². The number of hydrogen-bond donors (Lipinski definition) is 2. The van der Waals surface area contributed by atoms with E-state index in [4.69, 9.17) is 5.84 Å². The number of unbranched alkanes of at least 4 members (excludes halogenated alkanes) is 10. The van der Waals surface area contributed by atoms with Gasteiger partial charge in [0.2, 0.25) is 5.69 Å². The van der Waals surface area contributed by atoms with E-state index in [0.29, 0.717) is 0 Å². The van der Waals surface area contributed by atoms with Crippen molar-refractivity contribution in [2.45, 2.75) is 128 Å². The van der Waals surface area contributed by atoms with E-state index in [0.717, 1.165) is 70.4 Å². The standard InChI is InChI=1S/C48H71N6/c1-7-8-9-12-24-35-50-36-25-13-10-11-14-26-37-51-39-40(52-49)28-17-16-27-38-54-44-32-23-21-30-42(44)48(4,5)46(54)34-19-15-18-33-45-47(2,3)41-29-20-22-31-43(41)53(45)6/h7,15,18-23,29-34,39,50H,1,8-14,16-17,24-28,35-38,49H2,2-6H3/q+1/b51-39?,52-40-. The van der Waals surface area contributed by atoms with Crippen molar-refractivity contribution >= 4 is 29.0 Å². The van der Waals surface area contributed by atoms with Crippen molar-refractivity contribution in [2.24, 2.45) is 15.9 Å². The SMILES string of the molecule is C=CCCCCCNCCCCCCCCN=C/C(CCCCCN1/C(=C/C=C/C=C/C2=[N+](C)c3ccccc3C2(C)C)C(C)(C)c2ccccc21)=N\N. The summed E-state index contributed by atoms with van der Waals surface area (Å²) in [4.78, 5) is 7.19. The molecule has 0 amide bonds. The number of nitrogens with zero attached hydrogens (tertiary/aromatic N) is 4. The molecule has 2 aliphatic rings. The van der Waals surface area contributed by atoms with E-state index in [1.54, 1.807) is 0 Å². The van der Waals surface area contributed by atoms with Crippen LogP contribution in [-0.2, 0) is 10.8 Å². The number of hydrogen-bond acceptors (Lipinski definition) is 5. The second-order valence-electron chi connectivity index (χ2n) is 16.2. The van der Waals surface area contributed by atoms with E-state index in [1.807, 2.05) is 12.3 Å². The summed E-state index contributed by atoms with van der Waals surface area (Å²) in [6, 6.07) is 17.6. The van der Waals surface area contributed by atoms with Gasteiger partial charge in [-0.15, -0.1) is 6.58 Å². The van der Waals surface area contributed by atoms with Gasteiger partial charge in [-0.2, -0.15) is 9.68 Å². The normalized spacial score (nSPS) is 17.2. The van der Waals surface area contributed by atoms with Gasteiger partial charge in [-0.3, -0.25) is 4.99 Å². The number of hydrazone groups is 1. The first-order valence-corrected chi connectivity index (χ1v) is 20.9. The Kier molecular flexibility index (Phi) is 17.7. The Bertz CT molecular complexity index is 1650. The van der Waals surface area contributed by atoms with Crippen LogP contribution in [0.15, 0.2) is 107 Å². The smallest absolute Gasteiger partial charge is 0.209 e. The fourth-order valence-corrected chi connectivity index (χ4v) is 8.13. The van der Waals surface area contributed by atoms with Crippen LogP contribution in [0, 0.1) is 0 Å². The van der Waals surface area contributed by atoms with Crippen LogP contribution in [0.5, 0.6) is 0 Å². The number of benzene rings is 2. The lowest BCUT2D eigenvalue weighted by molar-refractivity contribution is -0.401. The minimum Gasteiger partial charge on any atom is -0.344 e. The Morgan fingerprint density at radius 3 is 2.19 bits per heavy atom. The van der Waals surface area contributed by atoms with Crippen LogP contribution in [-0.4, -0.2) is 55.4 Å². The fraction of sp³-hybridized carbons (Fsp3) is 0.521. The number of aliphatic imine (C=N–C) groups is 1. The lowest BCUT2D eigenvalue weighted by Crippen LogP contribution is -2.27. The van der Waals surface area contributed by atoms with Crippen molar-refractivity contribution in [3.05, 3.63) is 108 Å². The molecule has 2 heterocycles. The van der Waals surface area contributed by atoms with Crippen LogP contribution in [0.25, 0.3) is 0 Å². The monoisotopic (exact) mass is 732 g/mol. The summed E-state index contributed by atoms with van der Waals surface area (Å²) >= 11 is 0. The second-order valence-corrected chi connectivity index (χ2v) is 16.2. The molecule has 3 N–H and O–H groups in total. The molecule has 6 heteroatoms. The van der Waals surface area contributed by atoms with E-state index in [-0.39, 0.29) is 10.8 Å². The third kappa shape index (κ3) is 12.0. The third-order valence-electron chi connectivity index (χ3n) is 11.3. The first-order chi connectivity index (χ1) is 26.2. The topological polar surface area (TPSA) is 69.0 Å². The zero-order valence-electron chi connectivity index (χ0n) is 34.5. The molecular formula is C48H71N6+. The van der Waals surface area contributed by atoms with Gasteiger partial charge in [0, 0.05) is 53.8 Å². The Hall–Kier alpha value is -4.03. The Morgan fingerprint density at radius 2 is 1.44 bits per heavy atom. The van der Waals surface area contributed by atoms with E-state index >= 15 is 0 Å². The van der Waals surface area contributed by atoms with Crippen molar-refractivity contribution in [1.82, 2.24) is 5.32 Å². The van der Waals surface area contributed by atoms with Crippen LogP contribution in [0.2, 0.25) is 0 Å². The van der Waals surface area contributed by atoms with Crippen molar-refractivity contribution in [1.29, 1.82) is 0 Å². The van der Waals surface area contributed by atoms with Crippen molar-refractivity contribution in [3.63, 3.8) is 0 Å². The molecule has 0 bridgehead atoms. The largest absolute Gasteiger partial charge is 0.344 e. The van der Waals surface area contributed by atoms with Crippen molar-refractivity contribution in [2.75, 3.05) is 38.1 Å². The van der Waals surface area contributed by atoms with Gasteiger partial charge in [-0.1, -0.05) is 113 Å². The molecule has 2 aromatic carbocycles. The highest BCUT2D eigenvalue weighted by molar-refractivity contribution is 6.30. The summed E-state index contributed by atoms with van der Waals surface area (Å²) in [6.07, 6.45) is 31.8. The first-order valence-electron chi connectivity index (χ1n) is 20.9. The van der Waals surface area contributed by atoms with Gasteiger partial charge in [-0.25, -0.2) is 0 Å². The maximum Gasteiger partial charge on any atom is 0.209 e. The van der Waals surface area contributed by atoms with Crippen LogP contribution in [0.4, 0.5) is 11.4 Å². The molecule has 0 fully saturated rings. The highest BCUT2D eigenvalue weighted by atomic mass is 15.2. The van der Waals surface area contributed by atoms with Crippen molar-refractivity contribution < 1.29 is 4.58 Å². The summed E-state index contributed by atoms with van der Waals surface area (Å²) < 4.78 is 2.32. The average molecular weight is 732 g/mol. The summed E-state index contributed by atoms with van der Waals surface area (Å²) in [7, 11) is 2.17. The minimum atomic E-state index is -0.0627. The predicted octanol–water partition coefficient (Wildman–Crippen LogP) is 11.1. The minimum absolute atomic E-state index is 0.0216. The van der Waals surface area contributed by atoms with Gasteiger partial charge in [0.1, 0.15) is 7.05 Å². The molecule has 0 saturated carbocycles. The van der Waals surface area contributed by atoms with Gasteiger partial charge < -0.3 is 16.1 Å². The lowest BCUT2D eigenvalue weighted by atomic mass is 9.81.